The van der Waals surface area contributed by atoms with Crippen LogP contribution in [0.1, 0.15) is 32.3 Å². The molecule has 0 N–H and O–H groups in total. The lowest BCUT2D eigenvalue weighted by molar-refractivity contribution is -0.151. The summed E-state index contributed by atoms with van der Waals surface area (Å²) in [6.07, 6.45) is 7.17. The Balaban J connectivity index is 2.44. The summed E-state index contributed by atoms with van der Waals surface area (Å²) in [7, 11) is 0. The highest BCUT2D eigenvalue weighted by molar-refractivity contribution is 5.81. The van der Waals surface area contributed by atoms with E-state index in [0.717, 1.165) is 23.5 Å². The van der Waals surface area contributed by atoms with Gasteiger partial charge in [0.25, 0.3) is 0 Å². The van der Waals surface area contributed by atoms with Crippen LogP contribution in [-0.2, 0) is 28.7 Å². The molecular weight excluding hydrogens is 388 g/mol. The summed E-state index contributed by atoms with van der Waals surface area (Å²) >= 11 is 0. The Morgan fingerprint density at radius 3 is 2.27 bits per heavy atom. The average Bonchev–Trinajstić information content (AvgIpc) is 2.76. The number of aldehydes is 1. The van der Waals surface area contributed by atoms with E-state index < -0.39 is 17.9 Å². The van der Waals surface area contributed by atoms with Crippen molar-refractivity contribution in [1.82, 2.24) is 0 Å². The van der Waals surface area contributed by atoms with E-state index >= 15 is 0 Å². The van der Waals surface area contributed by atoms with Crippen molar-refractivity contribution >= 4 is 29.8 Å². The van der Waals surface area contributed by atoms with Crippen LogP contribution in [0, 0.1) is 5.92 Å². The number of ether oxygens (including phenoxy) is 3. The molecule has 0 amide bonds. The Bertz CT molecular complexity index is 803. The van der Waals surface area contributed by atoms with Crippen LogP contribution in [0.4, 0.5) is 0 Å². The van der Waals surface area contributed by atoms with Crippen molar-refractivity contribution in [2.45, 2.75) is 26.7 Å². The van der Waals surface area contributed by atoms with Gasteiger partial charge in [0.05, 0.1) is 12.8 Å². The second kappa shape index (κ2) is 13.7. The fraction of sp³-hybridized carbons (Fsp3) is 0.304. The molecule has 0 saturated carbocycles. The fourth-order valence-electron chi connectivity index (χ4n) is 2.19. The lowest BCUT2D eigenvalue weighted by atomic mass is 10.0. The fourth-order valence-corrected chi connectivity index (χ4v) is 2.19. The second-order valence-electron chi connectivity index (χ2n) is 6.19. The average molecular weight is 414 g/mol. The third-order valence-corrected chi connectivity index (χ3v) is 3.81. The Labute approximate surface area is 176 Å². The van der Waals surface area contributed by atoms with Crippen LogP contribution in [-0.4, -0.2) is 37.4 Å². The van der Waals surface area contributed by atoms with Gasteiger partial charge in [-0.3, -0.25) is 9.59 Å². The monoisotopic (exact) mass is 414 g/mol. The van der Waals surface area contributed by atoms with Gasteiger partial charge in [0.15, 0.2) is 0 Å². The van der Waals surface area contributed by atoms with Crippen molar-refractivity contribution in [3.63, 3.8) is 0 Å². The summed E-state index contributed by atoms with van der Waals surface area (Å²) in [5.41, 5.74) is 1.84. The van der Waals surface area contributed by atoms with Gasteiger partial charge in [-0.25, -0.2) is 4.79 Å². The van der Waals surface area contributed by atoms with Gasteiger partial charge >= 0.3 is 17.9 Å². The van der Waals surface area contributed by atoms with Gasteiger partial charge in [-0.2, -0.15) is 0 Å². The summed E-state index contributed by atoms with van der Waals surface area (Å²) < 4.78 is 14.7. The minimum Gasteiger partial charge on any atom is -0.462 e. The Hall–Kier alpha value is -3.48. The van der Waals surface area contributed by atoms with E-state index in [4.69, 9.17) is 9.47 Å². The SMILES string of the molecule is C=CC(=O)OCCOC(=O)CCC(=O)Oc1ccc(C(/C=C\C(C)C=O)=C/C)cc1. The third kappa shape index (κ3) is 9.64. The molecule has 0 aliphatic heterocycles. The smallest absolute Gasteiger partial charge is 0.330 e. The minimum absolute atomic E-state index is 0.0785. The molecule has 30 heavy (non-hydrogen) atoms. The first-order valence-corrected chi connectivity index (χ1v) is 9.45. The van der Waals surface area contributed by atoms with E-state index in [-0.39, 0.29) is 32.0 Å². The number of carbonyl (C=O) groups excluding carboxylic acids is 4. The van der Waals surface area contributed by atoms with Crippen molar-refractivity contribution in [2.24, 2.45) is 5.92 Å². The number of hydrogen-bond donors (Lipinski definition) is 0. The molecule has 7 nitrogen and oxygen atoms in total. The first-order valence-electron chi connectivity index (χ1n) is 9.45. The van der Waals surface area contributed by atoms with E-state index in [9.17, 15) is 19.2 Å². The van der Waals surface area contributed by atoms with Crippen molar-refractivity contribution < 1.29 is 33.4 Å². The maximum Gasteiger partial charge on any atom is 0.330 e. The number of carbonyl (C=O) groups is 4. The topological polar surface area (TPSA) is 96.0 Å². The highest BCUT2D eigenvalue weighted by atomic mass is 16.6. The van der Waals surface area contributed by atoms with Crippen LogP contribution >= 0.6 is 0 Å². The third-order valence-electron chi connectivity index (χ3n) is 3.81. The zero-order chi connectivity index (χ0) is 22.4. The second-order valence-corrected chi connectivity index (χ2v) is 6.19. The number of allylic oxidation sites excluding steroid dienone is 4. The number of rotatable bonds is 12. The number of hydrogen-bond acceptors (Lipinski definition) is 7. The van der Waals surface area contributed by atoms with E-state index in [1.54, 1.807) is 37.3 Å². The Morgan fingerprint density at radius 1 is 1.03 bits per heavy atom. The van der Waals surface area contributed by atoms with Crippen LogP contribution in [0.15, 0.2) is 55.1 Å². The normalized spacial score (nSPS) is 12.1. The first kappa shape index (κ1) is 24.6. The molecule has 0 aliphatic rings. The predicted molar refractivity (Wildman–Crippen MR) is 111 cm³/mol. The maximum absolute atomic E-state index is 11.9. The van der Waals surface area contributed by atoms with E-state index in [1.165, 1.54) is 0 Å². The van der Waals surface area contributed by atoms with Crippen molar-refractivity contribution in [1.29, 1.82) is 0 Å². The molecule has 1 atom stereocenters. The quantitative estimate of drug-likeness (QED) is 0.129. The Kier molecular flexibility index (Phi) is 11.2. The molecule has 1 aromatic carbocycles. The van der Waals surface area contributed by atoms with Gasteiger partial charge < -0.3 is 19.0 Å². The summed E-state index contributed by atoms with van der Waals surface area (Å²) in [5.74, 6) is -1.58. The van der Waals surface area contributed by atoms with E-state index in [0.29, 0.717) is 5.75 Å². The van der Waals surface area contributed by atoms with E-state index in [2.05, 4.69) is 11.3 Å². The zero-order valence-corrected chi connectivity index (χ0v) is 17.2. The van der Waals surface area contributed by atoms with Crippen LogP contribution in [0.25, 0.3) is 5.57 Å². The van der Waals surface area contributed by atoms with Crippen molar-refractivity contribution in [3.8, 4) is 5.75 Å². The molecule has 1 aromatic rings. The van der Waals surface area contributed by atoms with Crippen LogP contribution < -0.4 is 4.74 Å². The minimum atomic E-state index is -0.603. The summed E-state index contributed by atoms with van der Waals surface area (Å²) in [5, 5.41) is 0. The molecule has 0 bridgehead atoms. The lowest BCUT2D eigenvalue weighted by Gasteiger charge is -2.07. The molecule has 160 valence electrons. The van der Waals surface area contributed by atoms with Crippen LogP contribution in [0.2, 0.25) is 0 Å². The largest absolute Gasteiger partial charge is 0.462 e. The number of esters is 3. The molecular formula is C23H26O7. The van der Waals surface area contributed by atoms with Gasteiger partial charge in [-0.05, 0) is 30.2 Å². The molecule has 0 fully saturated rings. The zero-order valence-electron chi connectivity index (χ0n) is 17.2. The molecule has 0 heterocycles. The predicted octanol–water partition coefficient (Wildman–Crippen LogP) is 3.44. The van der Waals surface area contributed by atoms with Gasteiger partial charge in [0, 0.05) is 12.0 Å². The molecule has 1 unspecified atom stereocenters. The van der Waals surface area contributed by atoms with Crippen molar-refractivity contribution in [2.75, 3.05) is 13.2 Å². The molecule has 0 aromatic heterocycles. The molecule has 0 radical (unpaired) electrons. The molecule has 0 aliphatic carbocycles. The number of benzene rings is 1. The molecule has 0 spiro atoms. The van der Waals surface area contributed by atoms with Crippen molar-refractivity contribution in [3.05, 3.63) is 60.7 Å². The molecule has 7 heteroatoms. The molecule has 1 rings (SSSR count). The summed E-state index contributed by atoms with van der Waals surface area (Å²) in [4.78, 5) is 45.0. The highest BCUT2D eigenvalue weighted by Crippen LogP contribution is 2.21. The van der Waals surface area contributed by atoms with E-state index in [1.807, 2.05) is 19.1 Å². The summed E-state index contributed by atoms with van der Waals surface area (Å²) in [6.45, 7) is 6.76. The molecule has 0 saturated heterocycles. The first-order chi connectivity index (χ1) is 14.4. The van der Waals surface area contributed by atoms with Gasteiger partial charge in [0.1, 0.15) is 25.2 Å². The Morgan fingerprint density at radius 2 is 1.67 bits per heavy atom. The maximum atomic E-state index is 11.9. The van der Waals surface area contributed by atoms with Crippen LogP contribution in [0.3, 0.4) is 0 Å². The lowest BCUT2D eigenvalue weighted by Crippen LogP contribution is -2.15. The standard InChI is InChI=1S/C23H26O7/c1-4-18(7-6-17(3)16-24)19-8-10-20(11-9-19)30-23(27)13-12-22(26)29-15-14-28-21(25)5-2/h4-11,16-17H,2,12-15H2,1,3H3/b7-6-,18-4+. The van der Waals surface area contributed by atoms with Gasteiger partial charge in [-0.15, -0.1) is 0 Å². The highest BCUT2D eigenvalue weighted by Gasteiger charge is 2.11. The van der Waals surface area contributed by atoms with Gasteiger partial charge in [0.2, 0.25) is 0 Å². The van der Waals surface area contributed by atoms with Gasteiger partial charge in [-0.1, -0.05) is 43.9 Å². The summed E-state index contributed by atoms with van der Waals surface area (Å²) in [6, 6.07) is 6.90. The van der Waals surface area contributed by atoms with Crippen LogP contribution in [0.5, 0.6) is 5.75 Å².